The van der Waals surface area contributed by atoms with Crippen LogP contribution in [-0.2, 0) is 3.94 Å². The van der Waals surface area contributed by atoms with Gasteiger partial charge in [-0.1, -0.05) is 0 Å². The maximum absolute atomic E-state index is 7.13. The summed E-state index contributed by atoms with van der Waals surface area (Å²) in [6, 6.07) is 0. The molecular formula is H7AlNNaO2. The second-order valence-corrected chi connectivity index (χ2v) is 0.548. The van der Waals surface area contributed by atoms with Crippen molar-refractivity contribution in [1.82, 2.24) is 6.15 Å². The van der Waals surface area contributed by atoms with Crippen molar-refractivity contribution in [2.45, 2.75) is 0 Å². The Morgan fingerprint density at radius 2 is 1.80 bits per heavy atom. The van der Waals surface area contributed by atoms with Crippen LogP contribution >= 0.6 is 0 Å². The summed E-state index contributed by atoms with van der Waals surface area (Å²) in [5.74, 6) is 0. The maximum atomic E-state index is 7.13. The van der Waals surface area contributed by atoms with Crippen LogP contribution in [0, 0.1) is 0 Å². The van der Waals surface area contributed by atoms with Crippen molar-refractivity contribution < 1.29 is 40.2 Å². The van der Waals surface area contributed by atoms with Gasteiger partial charge in [0.15, 0.2) is 0 Å². The van der Waals surface area contributed by atoms with E-state index in [9.17, 15) is 0 Å². The largest absolute Gasteiger partial charge is 1.00 e. The molecule has 0 atom stereocenters. The molecule has 0 aromatic heterocycles. The van der Waals surface area contributed by atoms with Gasteiger partial charge in [-0.05, 0) is 0 Å². The van der Waals surface area contributed by atoms with E-state index in [1.807, 2.05) is 0 Å². The molecule has 0 rings (SSSR count). The Labute approximate surface area is 62.7 Å². The second kappa shape index (κ2) is 18.1. The first-order valence-electron chi connectivity index (χ1n) is 0.591. The standard InChI is InChI=1S/Al.H3N.Na.H2O2.3H/c;;;1-2;;;/h;1H3;;1-2H;;;/q+1;;+1;;;;-1/p-1. The fraction of sp³-hybridized carbons (Fsp3) is 0. The van der Waals surface area contributed by atoms with Crippen molar-refractivity contribution in [2.75, 3.05) is 0 Å². The zero-order chi connectivity index (χ0) is 2.71. The van der Waals surface area contributed by atoms with Gasteiger partial charge in [0.1, 0.15) is 0 Å². The predicted octanol–water partition coefficient (Wildman–Crippen LogP) is -3.70. The minimum Gasteiger partial charge on any atom is -1.00 e. The van der Waals surface area contributed by atoms with Crippen LogP contribution in [0.25, 0.3) is 0 Å². The van der Waals surface area contributed by atoms with Gasteiger partial charge >= 0.3 is 46.2 Å². The fourth-order valence-corrected chi connectivity index (χ4v) is 0. The molecule has 0 heterocycles. The van der Waals surface area contributed by atoms with E-state index >= 15 is 0 Å². The van der Waals surface area contributed by atoms with E-state index in [1.165, 1.54) is 0 Å². The molecule has 0 radical (unpaired) electrons. The molecule has 0 aliphatic heterocycles. The summed E-state index contributed by atoms with van der Waals surface area (Å²) in [4.78, 5) is 0. The van der Waals surface area contributed by atoms with Crippen molar-refractivity contribution in [3.63, 3.8) is 0 Å². The Morgan fingerprint density at radius 1 is 1.80 bits per heavy atom. The molecule has 0 bridgehead atoms. The van der Waals surface area contributed by atoms with Crippen molar-refractivity contribution in [3.05, 3.63) is 0 Å². The van der Waals surface area contributed by atoms with Gasteiger partial charge in [0, 0.05) is 0 Å². The SMILES string of the molecule is N.O[O][AlH2].[H-].[Na+]. The van der Waals surface area contributed by atoms with Crippen LogP contribution < -0.4 is 35.7 Å². The zero-order valence-electron chi connectivity index (χ0n) is 4.56. The minimum absolute atomic E-state index is 0. The van der Waals surface area contributed by atoms with Gasteiger partial charge in [0.2, 0.25) is 0 Å². The van der Waals surface area contributed by atoms with Gasteiger partial charge < -0.3 is 11.5 Å². The summed E-state index contributed by atoms with van der Waals surface area (Å²) in [5, 5.41) is 7.13. The monoisotopic (exact) mass is 103 g/mol. The molecule has 0 unspecified atom stereocenters. The van der Waals surface area contributed by atoms with Crippen molar-refractivity contribution in [2.24, 2.45) is 0 Å². The van der Waals surface area contributed by atoms with Gasteiger partial charge in [-0.15, -0.1) is 0 Å². The first kappa shape index (κ1) is 16.1. The van der Waals surface area contributed by atoms with Gasteiger partial charge in [-0.2, -0.15) is 0 Å². The molecular weight excluding hydrogens is 96.0 g/mol. The summed E-state index contributed by atoms with van der Waals surface area (Å²) >= 11 is 0.424. The first-order chi connectivity index (χ1) is 1.41. The van der Waals surface area contributed by atoms with Gasteiger partial charge in [-0.3, -0.25) is 5.26 Å². The summed E-state index contributed by atoms with van der Waals surface area (Å²) in [6.45, 7) is 0. The summed E-state index contributed by atoms with van der Waals surface area (Å²) in [7, 11) is 0. The topological polar surface area (TPSA) is 64.5 Å². The first-order valence-corrected chi connectivity index (χ1v) is 1.41. The van der Waals surface area contributed by atoms with E-state index in [2.05, 4.69) is 3.94 Å². The molecule has 5 heavy (non-hydrogen) atoms. The molecule has 0 aromatic rings. The van der Waals surface area contributed by atoms with E-state index in [-0.39, 0.29) is 37.1 Å². The molecule has 5 heteroatoms. The number of rotatable bonds is 0. The molecule has 0 aromatic carbocycles. The Hall–Kier alpha value is 1.41. The van der Waals surface area contributed by atoms with E-state index in [0.29, 0.717) is 16.6 Å². The molecule has 0 saturated carbocycles. The molecule has 3 nitrogen and oxygen atoms in total. The van der Waals surface area contributed by atoms with Gasteiger partial charge in [0.05, 0.1) is 0 Å². The second-order valence-electron chi connectivity index (χ2n) is 0.183. The Bertz CT molecular complexity index is 13.5. The minimum atomic E-state index is 0. The average molecular weight is 103 g/mol. The fourth-order valence-electron chi connectivity index (χ4n) is 0. The summed E-state index contributed by atoms with van der Waals surface area (Å²) in [5.41, 5.74) is 0. The third-order valence-electron chi connectivity index (χ3n) is 0. The third-order valence-corrected chi connectivity index (χ3v) is 0. The van der Waals surface area contributed by atoms with Crippen LogP contribution in [0.3, 0.4) is 0 Å². The van der Waals surface area contributed by atoms with Crippen LogP contribution in [0.1, 0.15) is 1.43 Å². The van der Waals surface area contributed by atoms with Crippen LogP contribution in [0.4, 0.5) is 0 Å². The summed E-state index contributed by atoms with van der Waals surface area (Å²) in [6.07, 6.45) is 0. The Kier molecular flexibility index (Phi) is 58.4. The molecule has 0 amide bonds. The van der Waals surface area contributed by atoms with E-state index in [1.54, 1.807) is 0 Å². The quantitative estimate of drug-likeness (QED) is 0.188. The van der Waals surface area contributed by atoms with Crippen LogP contribution in [0.15, 0.2) is 0 Å². The Morgan fingerprint density at radius 3 is 1.80 bits per heavy atom. The zero-order valence-corrected chi connectivity index (χ0v) is 7.56. The molecule has 0 fully saturated rings. The van der Waals surface area contributed by atoms with E-state index < -0.39 is 0 Å². The van der Waals surface area contributed by atoms with E-state index in [4.69, 9.17) is 5.26 Å². The normalized spacial score (nSPS) is 3.40. The van der Waals surface area contributed by atoms with Gasteiger partial charge in [0.25, 0.3) is 0 Å². The van der Waals surface area contributed by atoms with Crippen molar-refractivity contribution in [3.8, 4) is 0 Å². The van der Waals surface area contributed by atoms with Gasteiger partial charge in [-0.25, -0.2) is 0 Å². The molecule has 0 aliphatic rings. The maximum Gasteiger partial charge on any atom is 1.00 e. The smallest absolute Gasteiger partial charge is 1.00 e. The van der Waals surface area contributed by atoms with Crippen LogP contribution in [-0.4, -0.2) is 21.9 Å². The number of hydrogen-bond acceptors (Lipinski definition) is 3. The molecule has 0 aliphatic carbocycles. The number of hydrogen-bond donors (Lipinski definition) is 2. The third kappa shape index (κ3) is 31.6. The van der Waals surface area contributed by atoms with Crippen molar-refractivity contribution in [1.29, 1.82) is 0 Å². The Balaban J connectivity index is -0.00000000667. The van der Waals surface area contributed by atoms with Crippen LogP contribution in [0.2, 0.25) is 0 Å². The average Bonchev–Trinajstić information content (AvgIpc) is 0.918. The van der Waals surface area contributed by atoms with Crippen LogP contribution in [0.5, 0.6) is 0 Å². The molecule has 4 N–H and O–H groups in total. The molecule has 0 spiro atoms. The summed E-state index contributed by atoms with van der Waals surface area (Å²) < 4.78 is 3.39. The van der Waals surface area contributed by atoms with Crippen molar-refractivity contribution >= 4 is 16.6 Å². The van der Waals surface area contributed by atoms with E-state index in [0.717, 1.165) is 0 Å². The molecule has 28 valence electrons. The molecule has 0 saturated heterocycles. The predicted molar refractivity (Wildman–Crippen MR) is 18.4 cm³/mol.